The van der Waals surface area contributed by atoms with E-state index in [0.29, 0.717) is 0 Å². The summed E-state index contributed by atoms with van der Waals surface area (Å²) in [4.78, 5) is 2.64. The largest absolute Gasteiger partial charge is 0.310 e. The predicted molar refractivity (Wildman–Crippen MR) is 82.4 cm³/mol. The molecule has 0 aromatic carbocycles. The molecular formula is C15H30N2S. The molecule has 0 unspecified atom stereocenters. The van der Waals surface area contributed by atoms with E-state index in [1.165, 1.54) is 51.7 Å². The number of hydrogen-bond acceptors (Lipinski definition) is 3. The van der Waals surface area contributed by atoms with E-state index in [4.69, 9.17) is 0 Å². The van der Waals surface area contributed by atoms with E-state index < -0.39 is 0 Å². The third-order valence-corrected chi connectivity index (χ3v) is 5.59. The zero-order chi connectivity index (χ0) is 13.0. The van der Waals surface area contributed by atoms with Gasteiger partial charge in [-0.25, -0.2) is 0 Å². The maximum absolute atomic E-state index is 3.95. The highest BCUT2D eigenvalue weighted by Crippen LogP contribution is 2.29. The van der Waals surface area contributed by atoms with Gasteiger partial charge in [0, 0.05) is 23.9 Å². The summed E-state index contributed by atoms with van der Waals surface area (Å²) in [5, 5.41) is 4.82. The van der Waals surface area contributed by atoms with Crippen molar-refractivity contribution in [3.63, 3.8) is 0 Å². The first-order valence-corrected chi connectivity index (χ1v) is 8.99. The fraction of sp³-hybridized carbons (Fsp3) is 1.00. The van der Waals surface area contributed by atoms with Gasteiger partial charge in [-0.15, -0.1) is 0 Å². The third-order valence-electron chi connectivity index (χ3n) is 4.42. The van der Waals surface area contributed by atoms with Crippen LogP contribution in [0.25, 0.3) is 0 Å². The highest BCUT2D eigenvalue weighted by molar-refractivity contribution is 7.99. The van der Waals surface area contributed by atoms with E-state index in [9.17, 15) is 0 Å². The zero-order valence-corrected chi connectivity index (χ0v) is 13.1. The molecule has 1 aliphatic carbocycles. The van der Waals surface area contributed by atoms with Crippen molar-refractivity contribution in [2.75, 3.05) is 25.9 Å². The summed E-state index contributed by atoms with van der Waals surface area (Å²) in [6, 6.07) is 1.58. The molecule has 2 fully saturated rings. The molecule has 3 heteroatoms. The van der Waals surface area contributed by atoms with Gasteiger partial charge in [0.25, 0.3) is 0 Å². The Morgan fingerprint density at radius 1 is 1.17 bits per heavy atom. The number of rotatable bonds is 5. The Labute approximate surface area is 117 Å². The standard InChI is InChI=1S/C15H30N2S/c1-12(2)11-17-9-7-13(8-10-17)16-14-5-4-6-15(14)18-3/h12-16H,4-11H2,1-3H3/t14-,15-/m1/s1. The monoisotopic (exact) mass is 270 g/mol. The molecule has 2 atom stereocenters. The van der Waals surface area contributed by atoms with Crippen molar-refractivity contribution < 1.29 is 0 Å². The van der Waals surface area contributed by atoms with Crippen molar-refractivity contribution in [3.8, 4) is 0 Å². The van der Waals surface area contributed by atoms with E-state index in [1.807, 2.05) is 0 Å². The Balaban J connectivity index is 1.70. The Bertz CT molecular complexity index is 237. The minimum Gasteiger partial charge on any atom is -0.310 e. The summed E-state index contributed by atoms with van der Waals surface area (Å²) in [7, 11) is 0. The molecule has 0 radical (unpaired) electrons. The number of thioether (sulfide) groups is 1. The Kier molecular flexibility index (Phi) is 5.84. The van der Waals surface area contributed by atoms with Gasteiger partial charge in [-0.3, -0.25) is 0 Å². The average molecular weight is 270 g/mol. The van der Waals surface area contributed by atoms with Crippen LogP contribution in [0, 0.1) is 5.92 Å². The number of piperidine rings is 1. The van der Waals surface area contributed by atoms with Gasteiger partial charge >= 0.3 is 0 Å². The summed E-state index contributed by atoms with van der Waals surface area (Å²) in [6.07, 6.45) is 9.22. The van der Waals surface area contributed by atoms with Gasteiger partial charge in [0.2, 0.25) is 0 Å². The second-order valence-electron chi connectivity index (χ2n) is 6.45. The Hall–Kier alpha value is 0.270. The molecule has 1 saturated carbocycles. The fourth-order valence-corrected chi connectivity index (χ4v) is 4.45. The summed E-state index contributed by atoms with van der Waals surface area (Å²) < 4.78 is 0. The molecule has 1 heterocycles. The SMILES string of the molecule is CS[C@@H]1CCC[C@H]1NC1CCN(CC(C)C)CC1. The van der Waals surface area contributed by atoms with Crippen LogP contribution in [-0.2, 0) is 0 Å². The van der Waals surface area contributed by atoms with Crippen LogP contribution in [0.3, 0.4) is 0 Å². The normalized spacial score (nSPS) is 31.3. The van der Waals surface area contributed by atoms with Gasteiger partial charge in [-0.2, -0.15) is 11.8 Å². The lowest BCUT2D eigenvalue weighted by Gasteiger charge is -2.35. The zero-order valence-electron chi connectivity index (χ0n) is 12.3. The van der Waals surface area contributed by atoms with Crippen molar-refractivity contribution in [1.29, 1.82) is 0 Å². The maximum atomic E-state index is 3.95. The van der Waals surface area contributed by atoms with Gasteiger partial charge in [0.05, 0.1) is 0 Å². The van der Waals surface area contributed by atoms with Gasteiger partial charge in [-0.1, -0.05) is 20.3 Å². The first kappa shape index (κ1) is 14.7. The fourth-order valence-electron chi connectivity index (χ4n) is 3.50. The van der Waals surface area contributed by atoms with Gasteiger partial charge < -0.3 is 10.2 Å². The topological polar surface area (TPSA) is 15.3 Å². The van der Waals surface area contributed by atoms with E-state index >= 15 is 0 Å². The Morgan fingerprint density at radius 2 is 1.89 bits per heavy atom. The summed E-state index contributed by atoms with van der Waals surface area (Å²) in [6.45, 7) is 8.53. The molecule has 2 rings (SSSR count). The van der Waals surface area contributed by atoms with Crippen LogP contribution in [0.5, 0.6) is 0 Å². The van der Waals surface area contributed by atoms with E-state index in [-0.39, 0.29) is 0 Å². The van der Waals surface area contributed by atoms with Crippen LogP contribution < -0.4 is 5.32 Å². The molecule has 2 aliphatic rings. The molecule has 1 N–H and O–H groups in total. The quantitative estimate of drug-likeness (QED) is 0.827. The van der Waals surface area contributed by atoms with Crippen LogP contribution >= 0.6 is 11.8 Å². The van der Waals surface area contributed by atoms with Crippen molar-refractivity contribution in [2.24, 2.45) is 5.92 Å². The second kappa shape index (κ2) is 7.16. The first-order valence-electron chi connectivity index (χ1n) is 7.70. The minimum absolute atomic E-state index is 0.783. The molecule has 0 aromatic heterocycles. The molecule has 18 heavy (non-hydrogen) atoms. The van der Waals surface area contributed by atoms with E-state index in [2.05, 4.69) is 42.1 Å². The smallest absolute Gasteiger partial charge is 0.0198 e. The number of likely N-dealkylation sites (tertiary alicyclic amines) is 1. The lowest BCUT2D eigenvalue weighted by molar-refractivity contribution is 0.175. The van der Waals surface area contributed by atoms with E-state index in [0.717, 1.165) is 23.3 Å². The first-order chi connectivity index (χ1) is 8.69. The average Bonchev–Trinajstić information content (AvgIpc) is 2.78. The van der Waals surface area contributed by atoms with Crippen LogP contribution in [0.1, 0.15) is 46.0 Å². The Morgan fingerprint density at radius 3 is 2.50 bits per heavy atom. The van der Waals surface area contributed by atoms with Crippen molar-refractivity contribution in [3.05, 3.63) is 0 Å². The number of nitrogens with one attached hydrogen (secondary N) is 1. The molecule has 1 aliphatic heterocycles. The molecule has 0 spiro atoms. The lowest BCUT2D eigenvalue weighted by Crippen LogP contribution is -2.48. The molecule has 0 amide bonds. The van der Waals surface area contributed by atoms with Gasteiger partial charge in [-0.05, 0) is 50.9 Å². The molecule has 0 aromatic rings. The van der Waals surface area contributed by atoms with Gasteiger partial charge in [0.1, 0.15) is 0 Å². The second-order valence-corrected chi connectivity index (χ2v) is 7.52. The number of hydrogen-bond donors (Lipinski definition) is 1. The summed E-state index contributed by atoms with van der Waals surface area (Å²) in [5.41, 5.74) is 0. The van der Waals surface area contributed by atoms with Crippen molar-refractivity contribution in [1.82, 2.24) is 10.2 Å². The summed E-state index contributed by atoms with van der Waals surface area (Å²) >= 11 is 2.07. The summed E-state index contributed by atoms with van der Waals surface area (Å²) in [5.74, 6) is 0.810. The molecule has 106 valence electrons. The molecule has 0 bridgehead atoms. The van der Waals surface area contributed by atoms with Crippen molar-refractivity contribution >= 4 is 11.8 Å². The predicted octanol–water partition coefficient (Wildman–Crippen LogP) is 2.98. The molecular weight excluding hydrogens is 240 g/mol. The van der Waals surface area contributed by atoms with Crippen LogP contribution in [-0.4, -0.2) is 48.1 Å². The molecule has 2 nitrogen and oxygen atoms in total. The highest BCUT2D eigenvalue weighted by atomic mass is 32.2. The minimum atomic E-state index is 0.783. The highest BCUT2D eigenvalue weighted by Gasteiger charge is 2.29. The number of nitrogens with zero attached hydrogens (tertiary/aromatic N) is 1. The van der Waals surface area contributed by atoms with E-state index in [1.54, 1.807) is 0 Å². The van der Waals surface area contributed by atoms with Crippen LogP contribution in [0.4, 0.5) is 0 Å². The lowest BCUT2D eigenvalue weighted by atomic mass is 10.0. The van der Waals surface area contributed by atoms with Crippen LogP contribution in [0.15, 0.2) is 0 Å². The molecule has 1 saturated heterocycles. The third kappa shape index (κ3) is 4.14. The van der Waals surface area contributed by atoms with Crippen molar-refractivity contribution in [2.45, 2.75) is 63.3 Å². The van der Waals surface area contributed by atoms with Crippen LogP contribution in [0.2, 0.25) is 0 Å². The van der Waals surface area contributed by atoms with Gasteiger partial charge in [0.15, 0.2) is 0 Å². The maximum Gasteiger partial charge on any atom is 0.0198 e.